The molecule has 0 radical (unpaired) electrons. The number of aliphatic carboxylic acids is 1. The first-order valence-electron chi connectivity index (χ1n) is 3.47. The highest BCUT2D eigenvalue weighted by Gasteiger charge is 2.21. The van der Waals surface area contributed by atoms with E-state index in [0.29, 0.717) is 0 Å². The Morgan fingerprint density at radius 1 is 1.54 bits per heavy atom. The van der Waals surface area contributed by atoms with Gasteiger partial charge in [0.25, 0.3) is 10.2 Å². The summed E-state index contributed by atoms with van der Waals surface area (Å²) in [4.78, 5) is 10.4. The summed E-state index contributed by atoms with van der Waals surface area (Å²) in [5.74, 6) is -1.33. The van der Waals surface area contributed by atoms with Crippen molar-refractivity contribution >= 4 is 16.2 Å². The quantitative estimate of drug-likeness (QED) is 0.401. The third kappa shape index (κ3) is 4.78. The fourth-order valence-corrected chi connectivity index (χ4v) is 1.32. The van der Waals surface area contributed by atoms with Gasteiger partial charge in [-0.2, -0.15) is 13.1 Å². The molecule has 78 valence electrons. The van der Waals surface area contributed by atoms with E-state index < -0.39 is 28.8 Å². The summed E-state index contributed by atoms with van der Waals surface area (Å²) >= 11 is 0. The van der Waals surface area contributed by atoms with Gasteiger partial charge in [0, 0.05) is 13.7 Å². The van der Waals surface area contributed by atoms with E-state index in [1.165, 1.54) is 0 Å². The molecule has 7 nitrogen and oxygen atoms in total. The Balaban J connectivity index is 4.35. The standard InChI is InChI=1S/C5H12N2O5S/c1-6-13(11,12)7-4(2-3-8)5(9)10/h4,6-8H,2-3H2,1H3,(H,9,10). The van der Waals surface area contributed by atoms with Crippen LogP contribution in [0.15, 0.2) is 0 Å². The van der Waals surface area contributed by atoms with Crippen LogP contribution in [-0.2, 0) is 15.0 Å². The minimum atomic E-state index is -3.78. The predicted octanol–water partition coefficient (Wildman–Crippen LogP) is -2.12. The van der Waals surface area contributed by atoms with Crippen LogP contribution in [0, 0.1) is 0 Å². The van der Waals surface area contributed by atoms with Gasteiger partial charge in [-0.15, -0.1) is 0 Å². The van der Waals surface area contributed by atoms with E-state index in [9.17, 15) is 13.2 Å². The molecule has 0 amide bonds. The zero-order chi connectivity index (χ0) is 10.5. The second kappa shape index (κ2) is 5.12. The summed E-state index contributed by atoms with van der Waals surface area (Å²) in [7, 11) is -2.62. The maximum atomic E-state index is 10.8. The molecule has 0 aliphatic carbocycles. The molecule has 0 aliphatic heterocycles. The lowest BCUT2D eigenvalue weighted by atomic mass is 10.2. The molecule has 0 rings (SSSR count). The monoisotopic (exact) mass is 212 g/mol. The van der Waals surface area contributed by atoms with Crippen molar-refractivity contribution in [2.45, 2.75) is 12.5 Å². The number of nitrogens with one attached hydrogen (secondary N) is 2. The number of carboxylic acids is 1. The molecule has 0 spiro atoms. The normalized spacial score (nSPS) is 14.0. The van der Waals surface area contributed by atoms with Crippen molar-refractivity contribution in [1.29, 1.82) is 0 Å². The number of hydrogen-bond acceptors (Lipinski definition) is 4. The molecule has 1 atom stereocenters. The highest BCUT2D eigenvalue weighted by molar-refractivity contribution is 7.87. The van der Waals surface area contributed by atoms with Crippen molar-refractivity contribution in [2.24, 2.45) is 0 Å². The average molecular weight is 212 g/mol. The van der Waals surface area contributed by atoms with E-state index in [1.807, 2.05) is 9.44 Å². The molecule has 4 N–H and O–H groups in total. The Hall–Kier alpha value is -0.700. The molecule has 0 saturated carbocycles. The molecule has 0 saturated heterocycles. The number of hydrogen-bond donors (Lipinski definition) is 4. The third-order valence-corrected chi connectivity index (χ3v) is 2.41. The molecule has 1 unspecified atom stereocenters. The van der Waals surface area contributed by atoms with E-state index in [2.05, 4.69) is 0 Å². The predicted molar refractivity (Wildman–Crippen MR) is 44.2 cm³/mol. The molecule has 8 heteroatoms. The highest BCUT2D eigenvalue weighted by atomic mass is 32.2. The lowest BCUT2D eigenvalue weighted by Crippen LogP contribution is -2.45. The summed E-state index contributed by atoms with van der Waals surface area (Å²) in [5, 5.41) is 16.9. The Morgan fingerprint density at radius 2 is 2.08 bits per heavy atom. The van der Waals surface area contributed by atoms with Gasteiger partial charge in [0.15, 0.2) is 0 Å². The van der Waals surface area contributed by atoms with Gasteiger partial charge in [-0.05, 0) is 6.42 Å². The third-order valence-electron chi connectivity index (χ3n) is 1.28. The smallest absolute Gasteiger partial charge is 0.321 e. The first-order valence-corrected chi connectivity index (χ1v) is 4.95. The molecule has 0 heterocycles. The summed E-state index contributed by atoms with van der Waals surface area (Å²) < 4.78 is 25.4. The SMILES string of the molecule is CNS(=O)(=O)NC(CCO)C(=O)O. The van der Waals surface area contributed by atoms with Gasteiger partial charge < -0.3 is 10.2 Å². The van der Waals surface area contributed by atoms with Gasteiger partial charge >= 0.3 is 5.97 Å². The lowest BCUT2D eigenvalue weighted by Gasteiger charge is -2.12. The Labute approximate surface area is 75.9 Å². The summed E-state index contributed by atoms with van der Waals surface area (Å²) in [5.41, 5.74) is 0. The maximum absolute atomic E-state index is 10.8. The molecular formula is C5H12N2O5S. The second-order valence-electron chi connectivity index (χ2n) is 2.23. The maximum Gasteiger partial charge on any atom is 0.321 e. The van der Waals surface area contributed by atoms with Crippen LogP contribution in [0.5, 0.6) is 0 Å². The van der Waals surface area contributed by atoms with Crippen molar-refractivity contribution in [3.05, 3.63) is 0 Å². The summed E-state index contributed by atoms with van der Waals surface area (Å²) in [6.45, 7) is -0.400. The van der Waals surface area contributed by atoms with E-state index in [0.717, 1.165) is 7.05 Å². The molecule has 0 fully saturated rings. The number of rotatable bonds is 6. The van der Waals surface area contributed by atoms with Crippen LogP contribution in [0.1, 0.15) is 6.42 Å². The zero-order valence-corrected chi connectivity index (χ0v) is 7.84. The second-order valence-corrected chi connectivity index (χ2v) is 3.88. The van der Waals surface area contributed by atoms with E-state index in [4.69, 9.17) is 10.2 Å². The van der Waals surface area contributed by atoms with Crippen LogP contribution >= 0.6 is 0 Å². The van der Waals surface area contributed by atoms with Gasteiger partial charge in [0.1, 0.15) is 6.04 Å². The number of aliphatic hydroxyl groups excluding tert-OH is 1. The van der Waals surface area contributed by atoms with E-state index in [-0.39, 0.29) is 6.42 Å². The van der Waals surface area contributed by atoms with Crippen molar-refractivity contribution in [3.8, 4) is 0 Å². The fraction of sp³-hybridized carbons (Fsp3) is 0.800. The van der Waals surface area contributed by atoms with Gasteiger partial charge in [-0.3, -0.25) is 4.79 Å². The molecule has 0 aromatic rings. The molecule has 0 aromatic carbocycles. The topological polar surface area (TPSA) is 116 Å². The van der Waals surface area contributed by atoms with Crippen molar-refractivity contribution in [3.63, 3.8) is 0 Å². The largest absolute Gasteiger partial charge is 0.480 e. The summed E-state index contributed by atoms with van der Waals surface area (Å²) in [6.07, 6.45) is -0.170. The zero-order valence-electron chi connectivity index (χ0n) is 7.02. The first-order chi connectivity index (χ1) is 5.93. The van der Waals surface area contributed by atoms with E-state index >= 15 is 0 Å². The van der Waals surface area contributed by atoms with Gasteiger partial charge in [0.05, 0.1) is 0 Å². The van der Waals surface area contributed by atoms with Gasteiger partial charge in [0.2, 0.25) is 0 Å². The van der Waals surface area contributed by atoms with Crippen LogP contribution in [-0.4, -0.2) is 44.3 Å². The number of carboxylic acid groups (broad SMARTS) is 1. The first kappa shape index (κ1) is 12.3. The Kier molecular flexibility index (Phi) is 4.85. The highest BCUT2D eigenvalue weighted by Crippen LogP contribution is 1.93. The minimum absolute atomic E-state index is 0.170. The van der Waals surface area contributed by atoms with Crippen molar-refractivity contribution in [1.82, 2.24) is 9.44 Å². The van der Waals surface area contributed by atoms with Crippen LogP contribution in [0.4, 0.5) is 0 Å². The lowest BCUT2D eigenvalue weighted by molar-refractivity contribution is -0.139. The Bertz CT molecular complexity index is 262. The van der Waals surface area contributed by atoms with Crippen LogP contribution < -0.4 is 9.44 Å². The molecule has 0 aromatic heterocycles. The minimum Gasteiger partial charge on any atom is -0.480 e. The fourth-order valence-electron chi connectivity index (χ4n) is 0.608. The van der Waals surface area contributed by atoms with Crippen molar-refractivity contribution < 1.29 is 23.4 Å². The number of aliphatic hydroxyl groups is 1. The Morgan fingerprint density at radius 3 is 2.38 bits per heavy atom. The average Bonchev–Trinajstić information content (AvgIpc) is 2.03. The molecule has 0 bridgehead atoms. The van der Waals surface area contributed by atoms with Crippen molar-refractivity contribution in [2.75, 3.05) is 13.7 Å². The van der Waals surface area contributed by atoms with Crippen LogP contribution in [0.2, 0.25) is 0 Å². The number of carbonyl (C=O) groups is 1. The molecular weight excluding hydrogens is 200 g/mol. The molecule has 0 aliphatic rings. The van der Waals surface area contributed by atoms with Gasteiger partial charge in [-0.25, -0.2) is 4.72 Å². The summed E-state index contributed by atoms with van der Waals surface area (Å²) in [6, 6.07) is -1.30. The van der Waals surface area contributed by atoms with Gasteiger partial charge in [-0.1, -0.05) is 0 Å². The molecule has 13 heavy (non-hydrogen) atoms. The van der Waals surface area contributed by atoms with E-state index in [1.54, 1.807) is 0 Å². The van der Waals surface area contributed by atoms with Crippen LogP contribution in [0.3, 0.4) is 0 Å². The van der Waals surface area contributed by atoms with Crippen LogP contribution in [0.25, 0.3) is 0 Å².